The Morgan fingerprint density at radius 2 is 1.40 bits per heavy atom. The largest absolute Gasteiger partial charge is 0.465 e. The van der Waals surface area contributed by atoms with Crippen molar-refractivity contribution in [2.75, 3.05) is 7.11 Å². The summed E-state index contributed by atoms with van der Waals surface area (Å²) in [4.78, 5) is 11.5. The maximum atomic E-state index is 11.5. The van der Waals surface area contributed by atoms with Crippen molar-refractivity contribution in [3.63, 3.8) is 0 Å². The molecule has 1 aliphatic rings. The molecule has 0 saturated carbocycles. The average Bonchev–Trinajstić information content (AvgIpc) is 2.59. The summed E-state index contributed by atoms with van der Waals surface area (Å²) in [6.45, 7) is 9.23. The number of methoxy groups -OCH3 is 1. The fourth-order valence-electron chi connectivity index (χ4n) is 3.54. The van der Waals surface area contributed by atoms with Crippen LogP contribution in [0.5, 0.6) is 11.5 Å². The van der Waals surface area contributed by atoms with Gasteiger partial charge in [-0.3, -0.25) is 0 Å². The van der Waals surface area contributed by atoms with Crippen molar-refractivity contribution in [3.05, 3.63) is 59.2 Å². The Morgan fingerprint density at radius 3 is 2.00 bits per heavy atom. The maximum Gasteiger partial charge on any atom is 0.337 e. The van der Waals surface area contributed by atoms with Gasteiger partial charge in [0.25, 0.3) is 0 Å². The zero-order valence-corrected chi connectivity index (χ0v) is 15.7. The Hall–Kier alpha value is -2.29. The molecule has 3 nitrogen and oxygen atoms in total. The zero-order chi connectivity index (χ0) is 18.2. The van der Waals surface area contributed by atoms with Crippen molar-refractivity contribution in [2.45, 2.75) is 51.4 Å². The minimum absolute atomic E-state index is 0.152. The van der Waals surface area contributed by atoms with E-state index in [9.17, 15) is 4.79 Å². The third kappa shape index (κ3) is 3.41. The van der Waals surface area contributed by atoms with Gasteiger partial charge in [-0.2, -0.15) is 0 Å². The highest BCUT2D eigenvalue weighted by Crippen LogP contribution is 2.47. The van der Waals surface area contributed by atoms with E-state index in [0.29, 0.717) is 11.3 Å². The molecule has 1 aliphatic carbocycles. The van der Waals surface area contributed by atoms with Crippen molar-refractivity contribution in [1.29, 1.82) is 0 Å². The van der Waals surface area contributed by atoms with Gasteiger partial charge in [0.2, 0.25) is 0 Å². The lowest BCUT2D eigenvalue weighted by Crippen LogP contribution is -2.33. The summed E-state index contributed by atoms with van der Waals surface area (Å²) in [6, 6.07) is 13.4. The van der Waals surface area contributed by atoms with Crippen LogP contribution in [0.1, 0.15) is 62.0 Å². The lowest BCUT2D eigenvalue weighted by Gasteiger charge is -2.41. The number of benzene rings is 2. The van der Waals surface area contributed by atoms with E-state index in [0.717, 1.165) is 5.75 Å². The van der Waals surface area contributed by atoms with Crippen molar-refractivity contribution in [2.24, 2.45) is 0 Å². The van der Waals surface area contributed by atoms with Crippen LogP contribution in [0.25, 0.3) is 0 Å². The van der Waals surface area contributed by atoms with Crippen LogP contribution < -0.4 is 4.74 Å². The van der Waals surface area contributed by atoms with E-state index in [1.165, 1.54) is 31.1 Å². The number of fused-ring (bicyclic) bond motifs is 1. The molecule has 0 fully saturated rings. The van der Waals surface area contributed by atoms with Crippen LogP contribution in [0.2, 0.25) is 0 Å². The van der Waals surface area contributed by atoms with Crippen LogP contribution in [-0.4, -0.2) is 13.1 Å². The predicted octanol–water partition coefficient (Wildman–Crippen LogP) is 5.61. The second-order valence-electron chi connectivity index (χ2n) is 8.09. The van der Waals surface area contributed by atoms with Gasteiger partial charge in [-0.25, -0.2) is 4.79 Å². The fraction of sp³-hybridized carbons (Fsp3) is 0.409. The van der Waals surface area contributed by atoms with Crippen molar-refractivity contribution in [3.8, 4) is 11.5 Å². The Balaban J connectivity index is 1.88. The van der Waals surface area contributed by atoms with E-state index in [4.69, 9.17) is 9.47 Å². The molecule has 0 saturated heterocycles. The molecule has 0 unspecified atom stereocenters. The van der Waals surface area contributed by atoms with Gasteiger partial charge in [0, 0.05) is 0 Å². The third-order valence-corrected chi connectivity index (χ3v) is 5.34. The zero-order valence-electron chi connectivity index (χ0n) is 15.7. The molecule has 0 aliphatic heterocycles. The summed E-state index contributed by atoms with van der Waals surface area (Å²) >= 11 is 0. The van der Waals surface area contributed by atoms with Crippen LogP contribution in [0.4, 0.5) is 0 Å². The summed E-state index contributed by atoms with van der Waals surface area (Å²) in [5.41, 5.74) is 3.65. The highest BCUT2D eigenvalue weighted by Gasteiger charge is 2.37. The van der Waals surface area contributed by atoms with E-state index in [-0.39, 0.29) is 16.8 Å². The van der Waals surface area contributed by atoms with Gasteiger partial charge < -0.3 is 9.47 Å². The lowest BCUT2D eigenvalue weighted by atomic mass is 9.63. The normalized spacial score (nSPS) is 17.5. The maximum absolute atomic E-state index is 11.5. The van der Waals surface area contributed by atoms with E-state index in [1.807, 2.05) is 6.07 Å². The van der Waals surface area contributed by atoms with E-state index >= 15 is 0 Å². The molecule has 2 aromatic carbocycles. The Morgan fingerprint density at radius 1 is 0.840 bits per heavy atom. The SMILES string of the molecule is COC(=O)c1ccc(Oc2ccc3c(c2)C(C)(C)CCC3(C)C)cc1. The number of carbonyl (C=O) groups is 1. The Bertz CT molecular complexity index is 785. The van der Waals surface area contributed by atoms with Crippen LogP contribution in [0.15, 0.2) is 42.5 Å². The van der Waals surface area contributed by atoms with E-state index in [2.05, 4.69) is 39.8 Å². The average molecular weight is 338 g/mol. The number of rotatable bonds is 3. The molecule has 0 bridgehead atoms. The van der Waals surface area contributed by atoms with Crippen LogP contribution >= 0.6 is 0 Å². The van der Waals surface area contributed by atoms with Gasteiger partial charge in [-0.15, -0.1) is 0 Å². The summed E-state index contributed by atoms with van der Waals surface area (Å²) in [5, 5.41) is 0. The minimum atomic E-state index is -0.343. The molecule has 132 valence electrons. The molecule has 0 atom stereocenters. The molecular weight excluding hydrogens is 312 g/mol. The lowest BCUT2D eigenvalue weighted by molar-refractivity contribution is 0.0600. The number of ether oxygens (including phenoxy) is 2. The summed E-state index contributed by atoms with van der Waals surface area (Å²) in [6.07, 6.45) is 2.37. The molecular formula is C22H26O3. The molecule has 0 aromatic heterocycles. The van der Waals surface area contributed by atoms with Crippen LogP contribution in [0.3, 0.4) is 0 Å². The standard InChI is InChI=1S/C22H26O3/c1-21(2)12-13-22(3,4)19-14-17(10-11-18(19)21)25-16-8-6-15(7-9-16)20(23)24-5/h6-11,14H,12-13H2,1-5H3. The minimum Gasteiger partial charge on any atom is -0.465 e. The summed E-state index contributed by atoms with van der Waals surface area (Å²) < 4.78 is 10.7. The summed E-state index contributed by atoms with van der Waals surface area (Å²) in [7, 11) is 1.38. The first-order valence-corrected chi connectivity index (χ1v) is 8.74. The molecule has 3 rings (SSSR count). The number of hydrogen-bond donors (Lipinski definition) is 0. The first-order chi connectivity index (χ1) is 11.7. The van der Waals surface area contributed by atoms with Gasteiger partial charge in [0.1, 0.15) is 11.5 Å². The first-order valence-electron chi connectivity index (χ1n) is 8.74. The summed E-state index contributed by atoms with van der Waals surface area (Å²) in [5.74, 6) is 1.19. The van der Waals surface area contributed by atoms with Gasteiger partial charge in [0.15, 0.2) is 0 Å². The van der Waals surface area contributed by atoms with Gasteiger partial charge in [-0.1, -0.05) is 33.8 Å². The van der Waals surface area contributed by atoms with Crippen molar-refractivity contribution in [1.82, 2.24) is 0 Å². The molecule has 25 heavy (non-hydrogen) atoms. The molecule has 0 spiro atoms. The Labute approximate surface area is 150 Å². The second-order valence-corrected chi connectivity index (χ2v) is 8.09. The monoisotopic (exact) mass is 338 g/mol. The molecule has 0 radical (unpaired) electrons. The molecule has 0 amide bonds. The molecule has 0 heterocycles. The van der Waals surface area contributed by atoms with E-state index in [1.54, 1.807) is 24.3 Å². The first kappa shape index (κ1) is 17.5. The van der Waals surface area contributed by atoms with Gasteiger partial charge in [-0.05, 0) is 71.2 Å². The smallest absolute Gasteiger partial charge is 0.337 e. The topological polar surface area (TPSA) is 35.5 Å². The number of carbonyl (C=O) groups excluding carboxylic acids is 1. The van der Waals surface area contributed by atoms with Crippen molar-refractivity contribution >= 4 is 5.97 Å². The molecule has 3 heteroatoms. The number of hydrogen-bond acceptors (Lipinski definition) is 3. The van der Waals surface area contributed by atoms with Crippen LogP contribution in [0, 0.1) is 0 Å². The fourth-order valence-corrected chi connectivity index (χ4v) is 3.54. The third-order valence-electron chi connectivity index (χ3n) is 5.34. The molecule has 2 aromatic rings. The quantitative estimate of drug-likeness (QED) is 0.682. The highest BCUT2D eigenvalue weighted by molar-refractivity contribution is 5.89. The predicted molar refractivity (Wildman–Crippen MR) is 99.6 cm³/mol. The van der Waals surface area contributed by atoms with Gasteiger partial charge >= 0.3 is 5.97 Å². The Kier molecular flexibility index (Phi) is 4.36. The van der Waals surface area contributed by atoms with Crippen LogP contribution in [-0.2, 0) is 15.6 Å². The number of esters is 1. The molecule has 0 N–H and O–H groups in total. The van der Waals surface area contributed by atoms with Gasteiger partial charge in [0.05, 0.1) is 12.7 Å². The highest BCUT2D eigenvalue weighted by atomic mass is 16.5. The van der Waals surface area contributed by atoms with E-state index < -0.39 is 0 Å². The second kappa shape index (κ2) is 6.21. The van der Waals surface area contributed by atoms with Crippen molar-refractivity contribution < 1.29 is 14.3 Å².